The van der Waals surface area contributed by atoms with Gasteiger partial charge in [-0.15, -0.1) is 5.10 Å². The molecule has 0 atom stereocenters. The average molecular weight is 363 g/mol. The number of aromatic nitrogens is 4. The molecule has 7 heteroatoms. The minimum absolute atomic E-state index is 0.182. The van der Waals surface area contributed by atoms with Crippen LogP contribution in [0.1, 0.15) is 16.8 Å². The second-order valence-electron chi connectivity index (χ2n) is 6.48. The molecule has 0 fully saturated rings. The number of rotatable bonds is 4. The molecule has 6 nitrogen and oxygen atoms in total. The van der Waals surface area contributed by atoms with Gasteiger partial charge in [0.05, 0.1) is 6.54 Å². The summed E-state index contributed by atoms with van der Waals surface area (Å²) in [6, 6.07) is 15.7. The van der Waals surface area contributed by atoms with Crippen molar-refractivity contribution in [2.75, 3.05) is 5.32 Å². The monoisotopic (exact) mass is 363 g/mol. The summed E-state index contributed by atoms with van der Waals surface area (Å²) in [6.45, 7) is 4.02. The van der Waals surface area contributed by atoms with E-state index in [1.54, 1.807) is 18.2 Å². The van der Waals surface area contributed by atoms with E-state index < -0.39 is 0 Å². The largest absolute Gasteiger partial charge is 0.353 e. The van der Waals surface area contributed by atoms with Crippen molar-refractivity contribution in [3.05, 3.63) is 87.7 Å². The van der Waals surface area contributed by atoms with Crippen molar-refractivity contribution in [1.29, 1.82) is 0 Å². The van der Waals surface area contributed by atoms with Gasteiger partial charge in [0.1, 0.15) is 5.82 Å². The van der Waals surface area contributed by atoms with E-state index in [1.807, 2.05) is 38.1 Å². The third-order valence-corrected chi connectivity index (χ3v) is 4.19. The number of nitrogens with one attached hydrogen (secondary N) is 1. The molecule has 0 saturated carbocycles. The highest BCUT2D eigenvalue weighted by molar-refractivity contribution is 5.57. The van der Waals surface area contributed by atoms with Gasteiger partial charge in [-0.1, -0.05) is 24.3 Å². The van der Waals surface area contributed by atoms with Crippen molar-refractivity contribution in [3.8, 4) is 0 Å². The van der Waals surface area contributed by atoms with Crippen LogP contribution in [-0.2, 0) is 6.54 Å². The standard InChI is InChI=1S/C20H18FN5O/c1-13-5-3-8-17(9-13)23-19-22-14(2)10-18-24-25(20(27)26(18)19)12-15-6-4-7-16(21)11-15/h3-11H,12H2,1-2H3,(H,22,23). The van der Waals surface area contributed by atoms with Gasteiger partial charge in [0.2, 0.25) is 5.95 Å². The lowest BCUT2D eigenvalue weighted by Crippen LogP contribution is -2.23. The Morgan fingerprint density at radius 2 is 1.89 bits per heavy atom. The normalized spacial score (nSPS) is 11.1. The number of fused-ring (bicyclic) bond motifs is 1. The second kappa shape index (κ2) is 6.68. The van der Waals surface area contributed by atoms with Gasteiger partial charge >= 0.3 is 5.69 Å². The van der Waals surface area contributed by atoms with E-state index in [9.17, 15) is 9.18 Å². The summed E-state index contributed by atoms with van der Waals surface area (Å²) in [6.07, 6.45) is 0. The molecule has 0 spiro atoms. The number of halogens is 1. The Labute approximate surface area is 154 Å². The lowest BCUT2D eigenvalue weighted by Gasteiger charge is -2.08. The summed E-state index contributed by atoms with van der Waals surface area (Å²) in [7, 11) is 0. The van der Waals surface area contributed by atoms with Crippen molar-refractivity contribution in [3.63, 3.8) is 0 Å². The van der Waals surface area contributed by atoms with Gasteiger partial charge in [0, 0.05) is 17.4 Å². The highest BCUT2D eigenvalue weighted by atomic mass is 19.1. The van der Waals surface area contributed by atoms with E-state index in [4.69, 9.17) is 0 Å². The second-order valence-corrected chi connectivity index (χ2v) is 6.48. The fourth-order valence-corrected chi connectivity index (χ4v) is 3.00. The van der Waals surface area contributed by atoms with Crippen LogP contribution < -0.4 is 11.0 Å². The Hall–Kier alpha value is -3.48. The molecule has 0 saturated heterocycles. The summed E-state index contributed by atoms with van der Waals surface area (Å²) >= 11 is 0. The summed E-state index contributed by atoms with van der Waals surface area (Å²) in [5, 5.41) is 7.58. The highest BCUT2D eigenvalue weighted by Crippen LogP contribution is 2.17. The Kier molecular flexibility index (Phi) is 4.19. The van der Waals surface area contributed by atoms with Crippen molar-refractivity contribution in [2.24, 2.45) is 0 Å². The first kappa shape index (κ1) is 17.0. The molecule has 27 heavy (non-hydrogen) atoms. The molecule has 4 aromatic rings. The molecular weight excluding hydrogens is 345 g/mol. The SMILES string of the molecule is Cc1cccc(Nc2nc(C)cc3nn(Cc4cccc(F)c4)c(=O)n23)c1. The molecule has 4 rings (SSSR count). The maximum Gasteiger partial charge on any atom is 0.353 e. The van der Waals surface area contributed by atoms with Crippen LogP contribution >= 0.6 is 0 Å². The Balaban J connectivity index is 1.79. The summed E-state index contributed by atoms with van der Waals surface area (Å²) in [5.74, 6) is 0.0507. The molecule has 136 valence electrons. The Morgan fingerprint density at radius 1 is 1.07 bits per heavy atom. The van der Waals surface area contributed by atoms with Crippen LogP contribution in [0, 0.1) is 19.7 Å². The molecule has 2 heterocycles. The van der Waals surface area contributed by atoms with Crippen molar-refractivity contribution in [1.82, 2.24) is 19.2 Å². The predicted molar refractivity (Wildman–Crippen MR) is 102 cm³/mol. The van der Waals surface area contributed by atoms with E-state index in [1.165, 1.54) is 21.2 Å². The lowest BCUT2D eigenvalue weighted by atomic mass is 10.2. The molecule has 0 aliphatic rings. The van der Waals surface area contributed by atoms with Crippen molar-refractivity contribution >= 4 is 17.3 Å². The first-order valence-electron chi connectivity index (χ1n) is 8.55. The highest BCUT2D eigenvalue weighted by Gasteiger charge is 2.14. The molecule has 0 aliphatic carbocycles. The van der Waals surface area contributed by atoms with Gasteiger partial charge in [-0.3, -0.25) is 0 Å². The zero-order chi connectivity index (χ0) is 19.0. The zero-order valence-electron chi connectivity index (χ0n) is 15.0. The average Bonchev–Trinajstić information content (AvgIpc) is 2.90. The Morgan fingerprint density at radius 3 is 2.67 bits per heavy atom. The van der Waals surface area contributed by atoms with Crippen LogP contribution in [0.15, 0.2) is 59.4 Å². The topological polar surface area (TPSA) is 64.2 Å². The van der Waals surface area contributed by atoms with Crippen LogP contribution in [0.25, 0.3) is 5.65 Å². The van der Waals surface area contributed by atoms with Gasteiger partial charge in [0.15, 0.2) is 5.65 Å². The summed E-state index contributed by atoms with van der Waals surface area (Å²) in [5.41, 5.74) is 3.48. The predicted octanol–water partition coefficient (Wildman–Crippen LogP) is 3.44. The van der Waals surface area contributed by atoms with Gasteiger partial charge in [0.25, 0.3) is 0 Å². The number of hydrogen-bond acceptors (Lipinski definition) is 4. The van der Waals surface area contributed by atoms with Crippen LogP contribution in [0.3, 0.4) is 0 Å². The molecular formula is C20H18FN5O. The Bertz CT molecular complexity index is 1190. The summed E-state index contributed by atoms with van der Waals surface area (Å²) in [4.78, 5) is 17.4. The fourth-order valence-electron chi connectivity index (χ4n) is 3.00. The minimum Gasteiger partial charge on any atom is -0.325 e. The van der Waals surface area contributed by atoms with Gasteiger partial charge < -0.3 is 5.32 Å². The number of anilines is 2. The maximum absolute atomic E-state index is 13.4. The number of nitrogens with zero attached hydrogens (tertiary/aromatic N) is 4. The van der Waals surface area contributed by atoms with E-state index in [-0.39, 0.29) is 18.1 Å². The smallest absolute Gasteiger partial charge is 0.325 e. The van der Waals surface area contributed by atoms with Gasteiger partial charge in [-0.05, 0) is 49.2 Å². The molecule has 1 N–H and O–H groups in total. The molecule has 2 aromatic heterocycles. The molecule has 0 bridgehead atoms. The summed E-state index contributed by atoms with van der Waals surface area (Å²) < 4.78 is 16.2. The third kappa shape index (κ3) is 3.44. The van der Waals surface area contributed by atoms with E-state index >= 15 is 0 Å². The molecule has 2 aromatic carbocycles. The molecule has 0 radical (unpaired) electrons. The number of aryl methyl sites for hydroxylation is 2. The van der Waals surface area contributed by atoms with Crippen LogP contribution in [0.4, 0.5) is 16.0 Å². The van der Waals surface area contributed by atoms with Gasteiger partial charge in [-0.2, -0.15) is 0 Å². The van der Waals surface area contributed by atoms with E-state index in [2.05, 4.69) is 15.4 Å². The maximum atomic E-state index is 13.4. The fraction of sp³-hybridized carbons (Fsp3) is 0.150. The van der Waals surface area contributed by atoms with Crippen molar-refractivity contribution < 1.29 is 4.39 Å². The van der Waals surface area contributed by atoms with Crippen LogP contribution in [0.5, 0.6) is 0 Å². The van der Waals surface area contributed by atoms with E-state index in [0.29, 0.717) is 17.2 Å². The molecule has 0 unspecified atom stereocenters. The quantitative estimate of drug-likeness (QED) is 0.603. The first-order valence-corrected chi connectivity index (χ1v) is 8.55. The number of benzene rings is 2. The molecule has 0 aliphatic heterocycles. The van der Waals surface area contributed by atoms with E-state index in [0.717, 1.165) is 16.9 Å². The van der Waals surface area contributed by atoms with Crippen LogP contribution in [0.2, 0.25) is 0 Å². The zero-order valence-corrected chi connectivity index (χ0v) is 15.0. The minimum atomic E-state index is -0.344. The van der Waals surface area contributed by atoms with Crippen molar-refractivity contribution in [2.45, 2.75) is 20.4 Å². The lowest BCUT2D eigenvalue weighted by molar-refractivity contribution is 0.615. The first-order chi connectivity index (χ1) is 13.0. The van der Waals surface area contributed by atoms with Crippen LogP contribution in [-0.4, -0.2) is 19.2 Å². The third-order valence-electron chi connectivity index (χ3n) is 4.19. The van der Waals surface area contributed by atoms with Gasteiger partial charge in [-0.25, -0.2) is 23.3 Å². The number of hydrogen-bond donors (Lipinski definition) is 1. The molecule has 0 amide bonds.